The molecule has 2 rings (SSSR count). The first-order valence-corrected chi connectivity index (χ1v) is 7.36. The molecule has 0 spiro atoms. The van der Waals surface area contributed by atoms with Gasteiger partial charge in [0.25, 0.3) is 0 Å². The molecule has 0 aliphatic rings. The first-order valence-electron chi connectivity index (χ1n) is 6.58. The summed E-state index contributed by atoms with van der Waals surface area (Å²) in [7, 11) is 4.02. The highest BCUT2D eigenvalue weighted by atomic mass is 35.5. The van der Waals surface area contributed by atoms with Gasteiger partial charge >= 0.3 is 0 Å². The summed E-state index contributed by atoms with van der Waals surface area (Å²) in [6.45, 7) is 1.96. The fraction of sp³-hybridized carbons (Fsp3) is 0.188. The Labute approximate surface area is 135 Å². The Balaban J connectivity index is 2.03. The highest BCUT2D eigenvalue weighted by molar-refractivity contribution is 7.80. The SMILES string of the molecule is Cc1c(Cl)cccc1NC(=S)Nc1ccc(N(C)C)cc1. The lowest BCUT2D eigenvalue weighted by molar-refractivity contribution is 1.13. The monoisotopic (exact) mass is 319 g/mol. The predicted molar refractivity (Wildman–Crippen MR) is 96.8 cm³/mol. The molecule has 2 N–H and O–H groups in total. The van der Waals surface area contributed by atoms with Gasteiger partial charge in [0.05, 0.1) is 0 Å². The van der Waals surface area contributed by atoms with Gasteiger partial charge in [-0.1, -0.05) is 17.7 Å². The van der Waals surface area contributed by atoms with Gasteiger partial charge in [-0.05, 0) is 61.1 Å². The Hall–Kier alpha value is -1.78. The molecule has 0 saturated carbocycles. The van der Waals surface area contributed by atoms with E-state index in [0.717, 1.165) is 27.6 Å². The van der Waals surface area contributed by atoms with Crippen molar-refractivity contribution < 1.29 is 0 Å². The van der Waals surface area contributed by atoms with Crippen molar-refractivity contribution in [3.8, 4) is 0 Å². The molecule has 0 aliphatic heterocycles. The molecule has 2 aromatic rings. The molecule has 2 aromatic carbocycles. The van der Waals surface area contributed by atoms with Gasteiger partial charge in [-0.15, -0.1) is 0 Å². The van der Waals surface area contributed by atoms with Crippen LogP contribution in [0.15, 0.2) is 42.5 Å². The van der Waals surface area contributed by atoms with Crippen molar-refractivity contribution in [2.24, 2.45) is 0 Å². The second kappa shape index (κ2) is 6.78. The van der Waals surface area contributed by atoms with E-state index in [1.807, 2.05) is 63.5 Å². The number of hydrogen-bond donors (Lipinski definition) is 2. The number of thiocarbonyl (C=S) groups is 1. The molecule has 0 unspecified atom stereocenters. The van der Waals surface area contributed by atoms with Gasteiger partial charge in [0.2, 0.25) is 0 Å². The summed E-state index contributed by atoms with van der Waals surface area (Å²) in [6, 6.07) is 13.8. The number of halogens is 1. The third-order valence-corrected chi connectivity index (χ3v) is 3.77. The maximum Gasteiger partial charge on any atom is 0.175 e. The molecule has 0 heterocycles. The molecule has 0 aliphatic carbocycles. The first-order chi connectivity index (χ1) is 9.97. The molecular weight excluding hydrogens is 302 g/mol. The Kier molecular flexibility index (Phi) is 5.04. The predicted octanol–water partition coefficient (Wildman–Crippen LogP) is 4.52. The molecule has 3 nitrogen and oxygen atoms in total. The van der Waals surface area contributed by atoms with Crippen molar-refractivity contribution in [3.63, 3.8) is 0 Å². The van der Waals surface area contributed by atoms with Crippen LogP contribution in [-0.2, 0) is 0 Å². The lowest BCUT2D eigenvalue weighted by Crippen LogP contribution is -2.19. The molecule has 0 radical (unpaired) electrons. The van der Waals surface area contributed by atoms with Gasteiger partial charge in [-0.25, -0.2) is 0 Å². The highest BCUT2D eigenvalue weighted by Gasteiger charge is 2.04. The van der Waals surface area contributed by atoms with E-state index in [2.05, 4.69) is 15.5 Å². The van der Waals surface area contributed by atoms with E-state index in [0.29, 0.717) is 5.11 Å². The standard InChI is InChI=1S/C16H18ClN3S/c1-11-14(17)5-4-6-15(11)19-16(21)18-12-7-9-13(10-8-12)20(2)3/h4-10H,1-3H3,(H2,18,19,21). The van der Waals surface area contributed by atoms with Crippen LogP contribution < -0.4 is 15.5 Å². The van der Waals surface area contributed by atoms with Crippen molar-refractivity contribution >= 4 is 46.0 Å². The molecule has 21 heavy (non-hydrogen) atoms. The molecule has 110 valence electrons. The second-order valence-electron chi connectivity index (χ2n) is 4.93. The molecular formula is C16H18ClN3S. The minimum absolute atomic E-state index is 0.540. The van der Waals surface area contributed by atoms with E-state index in [9.17, 15) is 0 Å². The Morgan fingerprint density at radius 3 is 2.33 bits per heavy atom. The van der Waals surface area contributed by atoms with Gasteiger partial charge in [0.15, 0.2) is 5.11 Å². The zero-order valence-corrected chi connectivity index (χ0v) is 13.8. The molecule has 0 aromatic heterocycles. The number of anilines is 3. The molecule has 0 atom stereocenters. The maximum atomic E-state index is 6.10. The molecule has 0 saturated heterocycles. The van der Waals surface area contributed by atoms with Crippen molar-refractivity contribution in [1.29, 1.82) is 0 Å². The fourth-order valence-electron chi connectivity index (χ4n) is 1.87. The van der Waals surface area contributed by atoms with Crippen LogP contribution in [0, 0.1) is 6.92 Å². The summed E-state index contributed by atoms with van der Waals surface area (Å²) >= 11 is 11.4. The van der Waals surface area contributed by atoms with E-state index < -0.39 is 0 Å². The number of benzene rings is 2. The second-order valence-corrected chi connectivity index (χ2v) is 5.75. The largest absolute Gasteiger partial charge is 0.378 e. The molecule has 0 fully saturated rings. The Morgan fingerprint density at radius 1 is 1.05 bits per heavy atom. The van der Waals surface area contributed by atoms with Crippen LogP contribution in [0.25, 0.3) is 0 Å². The van der Waals surface area contributed by atoms with Gasteiger partial charge in [-0.2, -0.15) is 0 Å². The van der Waals surface area contributed by atoms with Crippen molar-refractivity contribution in [3.05, 3.63) is 53.1 Å². The quantitative estimate of drug-likeness (QED) is 0.813. The van der Waals surface area contributed by atoms with Gasteiger partial charge in [-0.3, -0.25) is 0 Å². The lowest BCUT2D eigenvalue weighted by Gasteiger charge is -2.15. The Morgan fingerprint density at radius 2 is 1.71 bits per heavy atom. The van der Waals surface area contributed by atoms with Gasteiger partial charge in [0, 0.05) is 36.2 Å². The summed E-state index contributed by atoms with van der Waals surface area (Å²) in [4.78, 5) is 2.05. The zero-order chi connectivity index (χ0) is 15.4. The van der Waals surface area contributed by atoms with Gasteiger partial charge in [0.1, 0.15) is 0 Å². The average molecular weight is 320 g/mol. The summed E-state index contributed by atoms with van der Waals surface area (Å²) in [5.41, 5.74) is 3.97. The molecule has 0 bridgehead atoms. The average Bonchev–Trinajstić information content (AvgIpc) is 2.44. The van der Waals surface area contributed by atoms with E-state index in [4.69, 9.17) is 23.8 Å². The van der Waals surface area contributed by atoms with Crippen LogP contribution in [0.1, 0.15) is 5.56 Å². The van der Waals surface area contributed by atoms with Crippen LogP contribution >= 0.6 is 23.8 Å². The maximum absolute atomic E-state index is 6.10. The van der Waals surface area contributed by atoms with Crippen LogP contribution in [0.2, 0.25) is 5.02 Å². The van der Waals surface area contributed by atoms with E-state index >= 15 is 0 Å². The number of nitrogens with zero attached hydrogens (tertiary/aromatic N) is 1. The smallest absolute Gasteiger partial charge is 0.175 e. The fourth-order valence-corrected chi connectivity index (χ4v) is 2.27. The minimum atomic E-state index is 0.540. The first kappa shape index (κ1) is 15.6. The summed E-state index contributed by atoms with van der Waals surface area (Å²) in [5.74, 6) is 0. The highest BCUT2D eigenvalue weighted by Crippen LogP contribution is 2.23. The molecule has 5 heteroatoms. The summed E-state index contributed by atoms with van der Waals surface area (Å²) in [5, 5.41) is 7.58. The van der Waals surface area contributed by atoms with Crippen molar-refractivity contribution in [1.82, 2.24) is 0 Å². The topological polar surface area (TPSA) is 27.3 Å². The number of rotatable bonds is 3. The van der Waals surface area contributed by atoms with E-state index in [-0.39, 0.29) is 0 Å². The zero-order valence-electron chi connectivity index (χ0n) is 12.3. The van der Waals surface area contributed by atoms with Gasteiger partial charge < -0.3 is 15.5 Å². The van der Waals surface area contributed by atoms with Crippen molar-refractivity contribution in [2.45, 2.75) is 6.92 Å². The number of nitrogens with one attached hydrogen (secondary N) is 2. The third kappa shape index (κ3) is 4.09. The lowest BCUT2D eigenvalue weighted by atomic mass is 10.2. The summed E-state index contributed by atoms with van der Waals surface area (Å²) < 4.78 is 0. The van der Waals surface area contributed by atoms with Crippen LogP contribution in [0.3, 0.4) is 0 Å². The van der Waals surface area contributed by atoms with E-state index in [1.54, 1.807) is 0 Å². The van der Waals surface area contributed by atoms with Crippen LogP contribution in [0.4, 0.5) is 17.1 Å². The van der Waals surface area contributed by atoms with Crippen LogP contribution in [-0.4, -0.2) is 19.2 Å². The Bertz CT molecular complexity index is 638. The minimum Gasteiger partial charge on any atom is -0.378 e. The molecule has 0 amide bonds. The van der Waals surface area contributed by atoms with E-state index in [1.165, 1.54) is 0 Å². The normalized spacial score (nSPS) is 10.1. The third-order valence-electron chi connectivity index (χ3n) is 3.16. The van der Waals surface area contributed by atoms with Crippen LogP contribution in [0.5, 0.6) is 0 Å². The number of hydrogen-bond acceptors (Lipinski definition) is 2. The van der Waals surface area contributed by atoms with Crippen molar-refractivity contribution in [2.75, 3.05) is 29.6 Å². The summed E-state index contributed by atoms with van der Waals surface area (Å²) in [6.07, 6.45) is 0.